The number of benzene rings is 1. The van der Waals surface area contributed by atoms with Crippen molar-refractivity contribution < 1.29 is 9.53 Å². The molecule has 0 radical (unpaired) electrons. The fraction of sp³-hybridized carbons (Fsp3) is 0.429. The molecule has 0 aliphatic carbocycles. The van der Waals surface area contributed by atoms with Crippen LogP contribution in [0.5, 0.6) is 5.75 Å². The maximum Gasteiger partial charge on any atom is 0.222 e. The van der Waals surface area contributed by atoms with Crippen LogP contribution in [0.2, 0.25) is 0 Å². The van der Waals surface area contributed by atoms with Gasteiger partial charge in [-0.25, -0.2) is 0 Å². The van der Waals surface area contributed by atoms with Gasteiger partial charge in [0.25, 0.3) is 0 Å². The van der Waals surface area contributed by atoms with Crippen LogP contribution in [0.15, 0.2) is 48.8 Å². The number of piperazine rings is 1. The van der Waals surface area contributed by atoms with Gasteiger partial charge in [0, 0.05) is 51.5 Å². The van der Waals surface area contributed by atoms with Crippen molar-refractivity contribution in [1.82, 2.24) is 14.8 Å². The summed E-state index contributed by atoms with van der Waals surface area (Å²) in [4.78, 5) is 20.8. The first-order chi connectivity index (χ1) is 12.7. The lowest BCUT2D eigenvalue weighted by molar-refractivity contribution is -0.133. The first-order valence-electron chi connectivity index (χ1n) is 9.30. The lowest BCUT2D eigenvalue weighted by Crippen LogP contribution is -2.48. The summed E-state index contributed by atoms with van der Waals surface area (Å²) in [6, 6.07) is 12.1. The summed E-state index contributed by atoms with van der Waals surface area (Å²) in [5.41, 5.74) is 2.40. The second-order valence-corrected chi connectivity index (χ2v) is 6.73. The molecule has 2 aromatic rings. The standard InChI is InChI=1S/C21H27N3O2/c1-18-5-2-3-6-20(18)26-16-4-7-21(25)24-14-12-23(13-15-24)17-19-8-10-22-11-9-19/h2-3,5-6,8-11H,4,7,12-17H2,1H3. The third kappa shape index (κ3) is 5.30. The Balaban J connectivity index is 1.34. The van der Waals surface area contributed by atoms with E-state index in [-0.39, 0.29) is 5.91 Å². The zero-order chi connectivity index (χ0) is 18.2. The van der Waals surface area contributed by atoms with Gasteiger partial charge < -0.3 is 9.64 Å². The topological polar surface area (TPSA) is 45.7 Å². The first kappa shape index (κ1) is 18.4. The fourth-order valence-electron chi connectivity index (χ4n) is 3.18. The van der Waals surface area contributed by atoms with E-state index < -0.39 is 0 Å². The molecule has 26 heavy (non-hydrogen) atoms. The summed E-state index contributed by atoms with van der Waals surface area (Å²) in [5.74, 6) is 1.15. The van der Waals surface area contributed by atoms with Gasteiger partial charge in [0.05, 0.1) is 6.61 Å². The van der Waals surface area contributed by atoms with Crippen LogP contribution in [-0.4, -0.2) is 53.5 Å². The molecule has 1 aromatic heterocycles. The van der Waals surface area contributed by atoms with Gasteiger partial charge in [0.2, 0.25) is 5.91 Å². The molecule has 5 heteroatoms. The molecule has 0 N–H and O–H groups in total. The van der Waals surface area contributed by atoms with Crippen molar-refractivity contribution in [2.45, 2.75) is 26.3 Å². The van der Waals surface area contributed by atoms with E-state index >= 15 is 0 Å². The van der Waals surface area contributed by atoms with E-state index in [1.807, 2.05) is 60.6 Å². The number of nitrogens with zero attached hydrogens (tertiary/aromatic N) is 3. The number of carbonyl (C=O) groups excluding carboxylic acids is 1. The summed E-state index contributed by atoms with van der Waals surface area (Å²) in [6.07, 6.45) is 4.96. The zero-order valence-electron chi connectivity index (χ0n) is 15.4. The number of hydrogen-bond acceptors (Lipinski definition) is 4. The normalized spacial score (nSPS) is 15.0. The van der Waals surface area contributed by atoms with Crippen LogP contribution in [0.25, 0.3) is 0 Å². The van der Waals surface area contributed by atoms with Gasteiger partial charge in [-0.2, -0.15) is 0 Å². The molecule has 1 saturated heterocycles. The molecular weight excluding hydrogens is 326 g/mol. The SMILES string of the molecule is Cc1ccccc1OCCCC(=O)N1CCN(Cc2ccncc2)CC1. The number of carbonyl (C=O) groups is 1. The lowest BCUT2D eigenvalue weighted by atomic mass is 10.2. The van der Waals surface area contributed by atoms with Crippen LogP contribution in [0.3, 0.4) is 0 Å². The average molecular weight is 353 g/mol. The molecule has 0 bridgehead atoms. The Bertz CT molecular complexity index is 697. The highest BCUT2D eigenvalue weighted by Gasteiger charge is 2.20. The van der Waals surface area contributed by atoms with Crippen LogP contribution in [-0.2, 0) is 11.3 Å². The molecule has 1 aliphatic heterocycles. The molecular formula is C21H27N3O2. The molecule has 3 rings (SSSR count). The van der Waals surface area contributed by atoms with Crippen LogP contribution in [0, 0.1) is 6.92 Å². The smallest absolute Gasteiger partial charge is 0.222 e. The van der Waals surface area contributed by atoms with Crippen molar-refractivity contribution in [2.24, 2.45) is 0 Å². The zero-order valence-corrected chi connectivity index (χ0v) is 15.4. The summed E-state index contributed by atoms with van der Waals surface area (Å²) in [7, 11) is 0. The van der Waals surface area contributed by atoms with Crippen LogP contribution in [0.4, 0.5) is 0 Å². The molecule has 1 fully saturated rings. The van der Waals surface area contributed by atoms with Gasteiger partial charge in [-0.05, 0) is 42.7 Å². The van der Waals surface area contributed by atoms with Gasteiger partial charge in [0.1, 0.15) is 5.75 Å². The molecule has 0 spiro atoms. The second kappa shape index (κ2) is 9.34. The summed E-state index contributed by atoms with van der Waals surface area (Å²) in [6.45, 7) is 7.01. The number of pyridine rings is 1. The Morgan fingerprint density at radius 3 is 2.54 bits per heavy atom. The molecule has 1 amide bonds. The van der Waals surface area contributed by atoms with Crippen LogP contribution < -0.4 is 4.74 Å². The summed E-state index contributed by atoms with van der Waals surface area (Å²) in [5, 5.41) is 0. The number of amides is 1. The Morgan fingerprint density at radius 2 is 1.81 bits per heavy atom. The third-order valence-corrected chi connectivity index (χ3v) is 4.77. The number of ether oxygens (including phenoxy) is 1. The van der Waals surface area contributed by atoms with Crippen molar-refractivity contribution in [3.05, 3.63) is 59.9 Å². The van der Waals surface area contributed by atoms with E-state index in [1.165, 1.54) is 5.56 Å². The van der Waals surface area contributed by atoms with Crippen LogP contribution >= 0.6 is 0 Å². The molecule has 138 valence electrons. The van der Waals surface area contributed by atoms with Gasteiger partial charge in [-0.15, -0.1) is 0 Å². The minimum atomic E-state index is 0.238. The van der Waals surface area contributed by atoms with Gasteiger partial charge in [-0.1, -0.05) is 18.2 Å². The number of aryl methyl sites for hydroxylation is 1. The van der Waals surface area contributed by atoms with E-state index in [2.05, 4.69) is 9.88 Å². The summed E-state index contributed by atoms with van der Waals surface area (Å²) < 4.78 is 5.77. The minimum absolute atomic E-state index is 0.238. The highest BCUT2D eigenvalue weighted by molar-refractivity contribution is 5.76. The first-order valence-corrected chi connectivity index (χ1v) is 9.30. The third-order valence-electron chi connectivity index (χ3n) is 4.77. The number of aromatic nitrogens is 1. The Morgan fingerprint density at radius 1 is 1.08 bits per heavy atom. The van der Waals surface area contributed by atoms with Crippen molar-refractivity contribution in [3.8, 4) is 5.75 Å². The van der Waals surface area contributed by atoms with Gasteiger partial charge in [0.15, 0.2) is 0 Å². The molecule has 2 heterocycles. The van der Waals surface area contributed by atoms with Gasteiger partial charge in [-0.3, -0.25) is 14.7 Å². The predicted molar refractivity (Wildman–Crippen MR) is 102 cm³/mol. The Kier molecular flexibility index (Phi) is 6.61. The maximum atomic E-state index is 12.4. The van der Waals surface area contributed by atoms with E-state index in [4.69, 9.17) is 4.74 Å². The van der Waals surface area contributed by atoms with Crippen molar-refractivity contribution in [1.29, 1.82) is 0 Å². The van der Waals surface area contributed by atoms with Crippen molar-refractivity contribution in [2.75, 3.05) is 32.8 Å². The Labute approximate surface area is 155 Å². The minimum Gasteiger partial charge on any atom is -0.493 e. The molecule has 0 atom stereocenters. The monoisotopic (exact) mass is 353 g/mol. The fourth-order valence-corrected chi connectivity index (χ4v) is 3.18. The number of para-hydroxylation sites is 1. The Hall–Kier alpha value is -2.40. The quantitative estimate of drug-likeness (QED) is 0.718. The summed E-state index contributed by atoms with van der Waals surface area (Å²) >= 11 is 0. The molecule has 5 nitrogen and oxygen atoms in total. The van der Waals surface area contributed by atoms with E-state index in [0.29, 0.717) is 13.0 Å². The number of rotatable bonds is 7. The molecule has 1 aliphatic rings. The molecule has 1 aromatic carbocycles. The van der Waals surface area contributed by atoms with Crippen molar-refractivity contribution in [3.63, 3.8) is 0 Å². The van der Waals surface area contributed by atoms with E-state index in [9.17, 15) is 4.79 Å². The number of hydrogen-bond donors (Lipinski definition) is 0. The predicted octanol–water partition coefficient (Wildman–Crippen LogP) is 2.89. The second-order valence-electron chi connectivity index (χ2n) is 6.73. The van der Waals surface area contributed by atoms with E-state index in [0.717, 1.165) is 50.5 Å². The molecule has 0 saturated carbocycles. The highest BCUT2D eigenvalue weighted by atomic mass is 16.5. The molecule has 0 unspecified atom stereocenters. The average Bonchev–Trinajstić information content (AvgIpc) is 2.68. The van der Waals surface area contributed by atoms with Crippen LogP contribution in [0.1, 0.15) is 24.0 Å². The largest absolute Gasteiger partial charge is 0.493 e. The van der Waals surface area contributed by atoms with E-state index in [1.54, 1.807) is 0 Å². The highest BCUT2D eigenvalue weighted by Crippen LogP contribution is 2.16. The maximum absolute atomic E-state index is 12.4. The lowest BCUT2D eigenvalue weighted by Gasteiger charge is -2.34. The van der Waals surface area contributed by atoms with Crippen molar-refractivity contribution >= 4 is 5.91 Å². The van der Waals surface area contributed by atoms with Gasteiger partial charge >= 0.3 is 0 Å².